The van der Waals surface area contributed by atoms with Gasteiger partial charge in [0.25, 0.3) is 0 Å². The van der Waals surface area contributed by atoms with Crippen molar-refractivity contribution in [2.75, 3.05) is 53.1 Å². The molecule has 1 heterocycles. The highest BCUT2D eigenvalue weighted by Crippen LogP contribution is 2.28. The van der Waals surface area contributed by atoms with Crippen LogP contribution in [0.1, 0.15) is 39.2 Å². The Hall–Kier alpha value is -2.03. The van der Waals surface area contributed by atoms with Gasteiger partial charge in [0.1, 0.15) is 6.61 Å². The number of aliphatic hydroxyl groups excluding tert-OH is 1. The molecule has 8 heteroatoms. The fourth-order valence-electron chi connectivity index (χ4n) is 3.49. The molecule has 8 nitrogen and oxygen atoms in total. The van der Waals surface area contributed by atoms with Crippen molar-refractivity contribution in [2.24, 2.45) is 4.99 Å². The molecule has 0 atom stereocenters. The Balaban J connectivity index is 1.86. The number of hydrogen-bond acceptors (Lipinski definition) is 6. The van der Waals surface area contributed by atoms with Gasteiger partial charge < -0.3 is 34.9 Å². The van der Waals surface area contributed by atoms with Crippen molar-refractivity contribution in [3.05, 3.63) is 23.8 Å². The molecule has 0 unspecified atom stereocenters. The van der Waals surface area contributed by atoms with E-state index in [9.17, 15) is 0 Å². The van der Waals surface area contributed by atoms with Crippen molar-refractivity contribution >= 4 is 5.96 Å². The van der Waals surface area contributed by atoms with Crippen LogP contribution >= 0.6 is 0 Å². The van der Waals surface area contributed by atoms with Gasteiger partial charge in [-0.2, -0.15) is 0 Å². The highest BCUT2D eigenvalue weighted by molar-refractivity contribution is 5.80. The van der Waals surface area contributed by atoms with E-state index in [1.165, 1.54) is 0 Å². The third-order valence-electron chi connectivity index (χ3n) is 5.13. The molecule has 0 amide bonds. The lowest BCUT2D eigenvalue weighted by atomic mass is 10.1. The Kier molecular flexibility index (Phi) is 11.5. The summed E-state index contributed by atoms with van der Waals surface area (Å²) < 4.78 is 16.6. The van der Waals surface area contributed by atoms with Gasteiger partial charge in [-0.3, -0.25) is 0 Å². The van der Waals surface area contributed by atoms with E-state index in [0.29, 0.717) is 30.2 Å². The maximum absolute atomic E-state index is 8.94. The Bertz CT molecular complexity index is 661. The molecule has 1 aliphatic heterocycles. The highest BCUT2D eigenvalue weighted by Gasteiger charge is 2.19. The lowest BCUT2D eigenvalue weighted by molar-refractivity contribution is 0.0532. The molecule has 31 heavy (non-hydrogen) atoms. The predicted octanol–water partition coefficient (Wildman–Crippen LogP) is 2.01. The molecule has 1 saturated heterocycles. The number of guanidine groups is 1. The van der Waals surface area contributed by atoms with Crippen molar-refractivity contribution < 1.29 is 19.3 Å². The SMILES string of the molecule is CCNC(=NCc1ccc(OCCO)c(OC)c1)NC1CCN(CCOC(C)C)CC1. The number of likely N-dealkylation sites (tertiary alicyclic amines) is 1. The smallest absolute Gasteiger partial charge is 0.191 e. The van der Waals surface area contributed by atoms with E-state index in [4.69, 9.17) is 24.3 Å². The zero-order chi connectivity index (χ0) is 22.5. The van der Waals surface area contributed by atoms with Crippen molar-refractivity contribution in [3.63, 3.8) is 0 Å². The van der Waals surface area contributed by atoms with Gasteiger partial charge in [0.15, 0.2) is 17.5 Å². The van der Waals surface area contributed by atoms with Crippen LogP contribution in [0.25, 0.3) is 0 Å². The van der Waals surface area contributed by atoms with Crippen LogP contribution in [0, 0.1) is 0 Å². The van der Waals surface area contributed by atoms with Gasteiger partial charge in [0.05, 0.1) is 33.0 Å². The molecule has 0 radical (unpaired) electrons. The van der Waals surface area contributed by atoms with Crippen LogP contribution in [0.3, 0.4) is 0 Å². The number of ether oxygens (including phenoxy) is 3. The first kappa shape index (κ1) is 25.2. The topological polar surface area (TPSA) is 87.6 Å². The molecule has 2 rings (SSSR count). The van der Waals surface area contributed by atoms with Crippen LogP contribution in [0.15, 0.2) is 23.2 Å². The number of aliphatic imine (C=N–C) groups is 1. The minimum Gasteiger partial charge on any atom is -0.493 e. The Morgan fingerprint density at radius 2 is 2.00 bits per heavy atom. The standard InChI is InChI=1S/C23H40N4O4/c1-5-24-23(26-20-8-10-27(11-9-20)12-14-30-18(2)3)25-17-19-6-7-21(31-15-13-28)22(16-19)29-4/h6-7,16,18,20,28H,5,8-15,17H2,1-4H3,(H2,24,25,26). The number of benzene rings is 1. The first-order chi connectivity index (χ1) is 15.0. The van der Waals surface area contributed by atoms with E-state index in [0.717, 1.165) is 57.2 Å². The summed E-state index contributed by atoms with van der Waals surface area (Å²) in [5.74, 6) is 2.11. The highest BCUT2D eigenvalue weighted by atomic mass is 16.5. The normalized spacial score (nSPS) is 15.9. The van der Waals surface area contributed by atoms with E-state index in [2.05, 4.69) is 36.3 Å². The van der Waals surface area contributed by atoms with Crippen LogP contribution in [-0.2, 0) is 11.3 Å². The fourth-order valence-corrected chi connectivity index (χ4v) is 3.49. The molecular weight excluding hydrogens is 396 g/mol. The maximum atomic E-state index is 8.94. The summed E-state index contributed by atoms with van der Waals surface area (Å²) in [5, 5.41) is 15.9. The van der Waals surface area contributed by atoms with Crippen LogP contribution in [-0.4, -0.2) is 81.2 Å². The van der Waals surface area contributed by atoms with Crippen molar-refractivity contribution in [2.45, 2.75) is 52.3 Å². The van der Waals surface area contributed by atoms with Crippen molar-refractivity contribution in [1.82, 2.24) is 15.5 Å². The van der Waals surface area contributed by atoms with Crippen LogP contribution < -0.4 is 20.1 Å². The molecular formula is C23H40N4O4. The summed E-state index contributed by atoms with van der Waals surface area (Å²) in [4.78, 5) is 7.23. The number of aliphatic hydroxyl groups is 1. The van der Waals surface area contributed by atoms with Gasteiger partial charge in [-0.05, 0) is 51.3 Å². The summed E-state index contributed by atoms with van der Waals surface area (Å²) in [6, 6.07) is 6.18. The second-order valence-electron chi connectivity index (χ2n) is 7.93. The van der Waals surface area contributed by atoms with Gasteiger partial charge in [-0.25, -0.2) is 4.99 Å². The van der Waals surface area contributed by atoms with Gasteiger partial charge in [-0.15, -0.1) is 0 Å². The average molecular weight is 437 g/mol. The molecule has 1 aromatic carbocycles. The molecule has 1 aliphatic rings. The van der Waals surface area contributed by atoms with Gasteiger partial charge >= 0.3 is 0 Å². The molecule has 0 bridgehead atoms. The number of hydrogen-bond donors (Lipinski definition) is 3. The molecule has 3 N–H and O–H groups in total. The first-order valence-electron chi connectivity index (χ1n) is 11.3. The van der Waals surface area contributed by atoms with Crippen LogP contribution in [0.5, 0.6) is 11.5 Å². The third kappa shape index (κ3) is 9.33. The van der Waals surface area contributed by atoms with E-state index >= 15 is 0 Å². The summed E-state index contributed by atoms with van der Waals surface area (Å²) in [6.07, 6.45) is 2.48. The summed E-state index contributed by atoms with van der Waals surface area (Å²) in [6.45, 7) is 11.7. The monoisotopic (exact) mass is 436 g/mol. The minimum absolute atomic E-state index is 0.0302. The largest absolute Gasteiger partial charge is 0.493 e. The Morgan fingerprint density at radius 1 is 1.23 bits per heavy atom. The molecule has 0 saturated carbocycles. The third-order valence-corrected chi connectivity index (χ3v) is 5.13. The molecule has 0 spiro atoms. The number of nitrogens with zero attached hydrogens (tertiary/aromatic N) is 2. The van der Waals surface area contributed by atoms with Crippen LogP contribution in [0.4, 0.5) is 0 Å². The van der Waals surface area contributed by atoms with E-state index in [1.807, 2.05) is 18.2 Å². The number of rotatable bonds is 12. The quantitative estimate of drug-likeness (QED) is 0.341. The Morgan fingerprint density at radius 3 is 2.65 bits per heavy atom. The lowest BCUT2D eigenvalue weighted by Crippen LogP contribution is -2.49. The van der Waals surface area contributed by atoms with Gasteiger partial charge in [0, 0.05) is 32.2 Å². The van der Waals surface area contributed by atoms with E-state index in [-0.39, 0.29) is 13.2 Å². The van der Waals surface area contributed by atoms with Gasteiger partial charge in [-0.1, -0.05) is 6.07 Å². The zero-order valence-electron chi connectivity index (χ0n) is 19.5. The van der Waals surface area contributed by atoms with Crippen LogP contribution in [0.2, 0.25) is 0 Å². The molecule has 176 valence electrons. The number of methoxy groups -OCH3 is 1. The average Bonchev–Trinajstić information content (AvgIpc) is 2.77. The van der Waals surface area contributed by atoms with Crippen molar-refractivity contribution in [3.8, 4) is 11.5 Å². The van der Waals surface area contributed by atoms with Gasteiger partial charge in [0.2, 0.25) is 0 Å². The fraction of sp³-hybridized carbons (Fsp3) is 0.696. The minimum atomic E-state index is -0.0302. The van der Waals surface area contributed by atoms with E-state index in [1.54, 1.807) is 7.11 Å². The predicted molar refractivity (Wildman–Crippen MR) is 124 cm³/mol. The second kappa shape index (κ2) is 14.1. The van der Waals surface area contributed by atoms with E-state index < -0.39 is 0 Å². The number of nitrogens with one attached hydrogen (secondary N) is 2. The zero-order valence-corrected chi connectivity index (χ0v) is 19.5. The second-order valence-corrected chi connectivity index (χ2v) is 7.93. The summed E-state index contributed by atoms with van der Waals surface area (Å²) in [5.41, 5.74) is 1.03. The Labute approximate surface area is 187 Å². The molecule has 0 aromatic heterocycles. The maximum Gasteiger partial charge on any atom is 0.191 e. The lowest BCUT2D eigenvalue weighted by Gasteiger charge is -2.33. The summed E-state index contributed by atoms with van der Waals surface area (Å²) in [7, 11) is 1.61. The molecule has 0 aliphatic carbocycles. The summed E-state index contributed by atoms with van der Waals surface area (Å²) >= 11 is 0. The molecule has 1 fully saturated rings. The van der Waals surface area contributed by atoms with Crippen molar-refractivity contribution in [1.29, 1.82) is 0 Å². The number of piperidine rings is 1. The molecule has 1 aromatic rings. The first-order valence-corrected chi connectivity index (χ1v) is 11.3.